The van der Waals surface area contributed by atoms with Gasteiger partial charge >= 0.3 is 0 Å². The minimum Gasteiger partial charge on any atom is -0.507 e. The second kappa shape index (κ2) is 8.52. The molecule has 1 aliphatic carbocycles. The zero-order valence-electron chi connectivity index (χ0n) is 16.8. The third-order valence-electron chi connectivity index (χ3n) is 5.98. The first-order valence-corrected chi connectivity index (χ1v) is 10.6. The van der Waals surface area contributed by atoms with E-state index >= 15 is 0 Å². The number of Topliss-reactive ketones (excluding diaryl/α,β-unsaturated/α-hetero) is 1. The van der Waals surface area contributed by atoms with E-state index in [0.29, 0.717) is 16.3 Å². The summed E-state index contributed by atoms with van der Waals surface area (Å²) in [6.45, 7) is 0. The fraction of sp³-hybridized carbons (Fsp3) is 0.333. The van der Waals surface area contributed by atoms with Gasteiger partial charge in [-0.2, -0.15) is 0 Å². The first-order valence-electron chi connectivity index (χ1n) is 10.2. The van der Waals surface area contributed by atoms with Crippen molar-refractivity contribution in [1.82, 2.24) is 4.90 Å². The maximum absolute atomic E-state index is 13.1. The first kappa shape index (κ1) is 20.5. The van der Waals surface area contributed by atoms with Crippen LogP contribution in [0, 0.1) is 0 Å². The van der Waals surface area contributed by atoms with Crippen molar-refractivity contribution in [3.05, 3.63) is 70.3 Å². The third-order valence-corrected chi connectivity index (χ3v) is 6.21. The van der Waals surface area contributed by atoms with Crippen LogP contribution in [0.4, 0.5) is 0 Å². The van der Waals surface area contributed by atoms with E-state index in [4.69, 9.17) is 16.3 Å². The number of aliphatic hydroxyl groups is 1. The topological polar surface area (TPSA) is 66.8 Å². The highest BCUT2D eigenvalue weighted by atomic mass is 35.5. The van der Waals surface area contributed by atoms with Gasteiger partial charge in [-0.15, -0.1) is 0 Å². The molecule has 6 heteroatoms. The average molecular weight is 426 g/mol. The molecule has 1 saturated heterocycles. The number of ether oxygens (including phenoxy) is 1. The van der Waals surface area contributed by atoms with Gasteiger partial charge in [-0.3, -0.25) is 9.59 Å². The molecule has 1 N–H and O–H groups in total. The predicted octanol–water partition coefficient (Wildman–Crippen LogP) is 5.10. The molecule has 1 unspecified atom stereocenters. The Balaban J connectivity index is 1.86. The highest BCUT2D eigenvalue weighted by molar-refractivity contribution is 6.46. The molecule has 30 heavy (non-hydrogen) atoms. The van der Waals surface area contributed by atoms with E-state index in [0.717, 1.165) is 37.7 Å². The summed E-state index contributed by atoms with van der Waals surface area (Å²) in [5.74, 6) is -0.719. The lowest BCUT2D eigenvalue weighted by Crippen LogP contribution is -2.40. The number of likely N-dealkylation sites (tertiary alicyclic amines) is 1. The molecule has 2 fully saturated rings. The zero-order valence-corrected chi connectivity index (χ0v) is 17.6. The maximum Gasteiger partial charge on any atom is 0.295 e. The monoisotopic (exact) mass is 425 g/mol. The summed E-state index contributed by atoms with van der Waals surface area (Å²) in [6, 6.07) is 13.3. The van der Waals surface area contributed by atoms with Crippen LogP contribution < -0.4 is 4.74 Å². The van der Waals surface area contributed by atoms with Gasteiger partial charge in [0.1, 0.15) is 11.5 Å². The SMILES string of the molecule is COc1ccc(C2/C(=C(/O)c3cccc(Cl)c3)C(=O)C(=O)N2C2CCCCC2)cc1. The standard InChI is InChI=1S/C24H24ClNO4/c1-30-19-12-10-15(11-13-19)21-20(22(27)16-6-5-7-17(25)14-16)23(28)24(29)26(21)18-8-3-2-4-9-18/h5-7,10-14,18,21,27H,2-4,8-9H2,1H3/b22-20-. The Morgan fingerprint density at radius 1 is 1.07 bits per heavy atom. The molecule has 156 valence electrons. The molecular formula is C24H24ClNO4. The molecule has 1 amide bonds. The number of hydrogen-bond acceptors (Lipinski definition) is 4. The summed E-state index contributed by atoms with van der Waals surface area (Å²) in [4.78, 5) is 27.9. The van der Waals surface area contributed by atoms with E-state index in [1.807, 2.05) is 12.1 Å². The summed E-state index contributed by atoms with van der Waals surface area (Å²) in [6.07, 6.45) is 4.90. The van der Waals surface area contributed by atoms with Crippen molar-refractivity contribution in [3.63, 3.8) is 0 Å². The van der Waals surface area contributed by atoms with Crippen molar-refractivity contribution in [2.24, 2.45) is 0 Å². The zero-order chi connectivity index (χ0) is 21.3. The van der Waals surface area contributed by atoms with Crippen molar-refractivity contribution in [1.29, 1.82) is 0 Å². The molecule has 0 aromatic heterocycles. The number of benzene rings is 2. The Morgan fingerprint density at radius 2 is 1.77 bits per heavy atom. The van der Waals surface area contributed by atoms with E-state index < -0.39 is 17.7 Å². The van der Waals surface area contributed by atoms with Crippen molar-refractivity contribution in [2.45, 2.75) is 44.2 Å². The lowest BCUT2D eigenvalue weighted by atomic mass is 9.91. The minimum atomic E-state index is -0.654. The third kappa shape index (κ3) is 3.70. The number of halogens is 1. The molecule has 1 saturated carbocycles. The lowest BCUT2D eigenvalue weighted by Gasteiger charge is -2.35. The Kier molecular flexibility index (Phi) is 5.82. The molecule has 2 aliphatic rings. The number of rotatable bonds is 4. The van der Waals surface area contributed by atoms with Gasteiger partial charge in [0, 0.05) is 16.6 Å². The summed E-state index contributed by atoms with van der Waals surface area (Å²) in [7, 11) is 1.59. The van der Waals surface area contributed by atoms with E-state index in [1.54, 1.807) is 48.4 Å². The lowest BCUT2D eigenvalue weighted by molar-refractivity contribution is -0.141. The molecule has 0 spiro atoms. The number of carbonyl (C=O) groups excluding carboxylic acids is 2. The van der Waals surface area contributed by atoms with Crippen molar-refractivity contribution in [3.8, 4) is 5.75 Å². The van der Waals surface area contributed by atoms with Crippen LogP contribution in [0.25, 0.3) is 5.76 Å². The predicted molar refractivity (Wildman–Crippen MR) is 115 cm³/mol. The largest absolute Gasteiger partial charge is 0.507 e. The summed E-state index contributed by atoms with van der Waals surface area (Å²) in [5.41, 5.74) is 1.30. The number of nitrogens with zero attached hydrogens (tertiary/aromatic N) is 1. The molecule has 5 nitrogen and oxygen atoms in total. The van der Waals surface area contributed by atoms with Gasteiger partial charge in [-0.05, 0) is 42.7 Å². The van der Waals surface area contributed by atoms with Gasteiger partial charge in [-0.25, -0.2) is 0 Å². The fourth-order valence-corrected chi connectivity index (χ4v) is 4.68. The van der Waals surface area contributed by atoms with Gasteiger partial charge in [-0.1, -0.05) is 55.1 Å². The molecule has 1 heterocycles. The van der Waals surface area contributed by atoms with E-state index in [1.165, 1.54) is 0 Å². The van der Waals surface area contributed by atoms with Crippen LogP contribution in [0.3, 0.4) is 0 Å². The fourth-order valence-electron chi connectivity index (χ4n) is 4.49. The molecule has 1 atom stereocenters. The molecular weight excluding hydrogens is 402 g/mol. The molecule has 0 radical (unpaired) electrons. The van der Waals surface area contributed by atoms with Crippen molar-refractivity contribution >= 4 is 29.1 Å². The van der Waals surface area contributed by atoms with Crippen LogP contribution in [0.5, 0.6) is 5.75 Å². The number of carbonyl (C=O) groups is 2. The highest BCUT2D eigenvalue weighted by Crippen LogP contribution is 2.43. The van der Waals surface area contributed by atoms with Crippen molar-refractivity contribution < 1.29 is 19.4 Å². The van der Waals surface area contributed by atoms with Crippen LogP contribution in [0.2, 0.25) is 5.02 Å². The molecule has 1 aliphatic heterocycles. The van der Waals surface area contributed by atoms with Crippen LogP contribution in [0.1, 0.15) is 49.3 Å². The average Bonchev–Trinajstić information content (AvgIpc) is 3.04. The Bertz CT molecular complexity index is 993. The first-order chi connectivity index (χ1) is 14.5. The van der Waals surface area contributed by atoms with Gasteiger partial charge in [0.2, 0.25) is 0 Å². The van der Waals surface area contributed by atoms with E-state index in [-0.39, 0.29) is 17.4 Å². The number of hydrogen-bond donors (Lipinski definition) is 1. The second-order valence-corrected chi connectivity index (χ2v) is 8.22. The van der Waals surface area contributed by atoms with E-state index in [2.05, 4.69) is 0 Å². The summed E-state index contributed by atoms with van der Waals surface area (Å²) >= 11 is 6.09. The van der Waals surface area contributed by atoms with Crippen LogP contribution in [-0.2, 0) is 9.59 Å². The Hall–Kier alpha value is -2.79. The normalized spacial score (nSPS) is 21.8. The Morgan fingerprint density at radius 3 is 2.40 bits per heavy atom. The van der Waals surface area contributed by atoms with Gasteiger partial charge < -0.3 is 14.7 Å². The van der Waals surface area contributed by atoms with Crippen molar-refractivity contribution in [2.75, 3.05) is 7.11 Å². The number of ketones is 1. The molecule has 0 bridgehead atoms. The van der Waals surface area contributed by atoms with Gasteiger partial charge in [0.05, 0.1) is 18.7 Å². The van der Waals surface area contributed by atoms with Crippen LogP contribution >= 0.6 is 11.6 Å². The summed E-state index contributed by atoms with van der Waals surface area (Å²) < 4.78 is 5.25. The second-order valence-electron chi connectivity index (χ2n) is 7.78. The quantitative estimate of drug-likeness (QED) is 0.420. The highest BCUT2D eigenvalue weighted by Gasteiger charge is 2.48. The van der Waals surface area contributed by atoms with Gasteiger partial charge in [0.25, 0.3) is 11.7 Å². The Labute approximate surface area is 180 Å². The van der Waals surface area contributed by atoms with Crippen LogP contribution in [0.15, 0.2) is 54.1 Å². The molecule has 4 rings (SSSR count). The molecule has 2 aromatic rings. The van der Waals surface area contributed by atoms with Crippen LogP contribution in [-0.4, -0.2) is 34.8 Å². The maximum atomic E-state index is 13.1. The number of aliphatic hydroxyl groups excluding tert-OH is 1. The summed E-state index contributed by atoms with van der Waals surface area (Å²) in [5, 5.41) is 11.5. The van der Waals surface area contributed by atoms with Gasteiger partial charge in [0.15, 0.2) is 0 Å². The van der Waals surface area contributed by atoms with E-state index in [9.17, 15) is 14.7 Å². The smallest absolute Gasteiger partial charge is 0.295 e. The minimum absolute atomic E-state index is 0.0213. The number of methoxy groups -OCH3 is 1. The number of amides is 1. The molecule has 2 aromatic carbocycles.